The van der Waals surface area contributed by atoms with Crippen LogP contribution in [0.5, 0.6) is 0 Å². The minimum atomic E-state index is -0.687. The Morgan fingerprint density at radius 2 is 1.85 bits per heavy atom. The van der Waals surface area contributed by atoms with E-state index in [2.05, 4.69) is 20.3 Å². The Labute approximate surface area is 193 Å². The molecular formula is C25H20F2N6O. The van der Waals surface area contributed by atoms with Gasteiger partial charge in [-0.25, -0.2) is 18.7 Å². The third-order valence-electron chi connectivity index (χ3n) is 5.60. The predicted octanol–water partition coefficient (Wildman–Crippen LogP) is 4.34. The van der Waals surface area contributed by atoms with Crippen LogP contribution in [0.25, 0.3) is 39.1 Å². The van der Waals surface area contributed by atoms with Crippen molar-refractivity contribution in [1.82, 2.24) is 24.7 Å². The molecule has 0 saturated heterocycles. The summed E-state index contributed by atoms with van der Waals surface area (Å²) in [5.41, 5.74) is 11.0. The summed E-state index contributed by atoms with van der Waals surface area (Å²) in [4.78, 5) is 25.8. The molecule has 0 unspecified atom stereocenters. The number of imidazole rings is 1. The number of fused-ring (bicyclic) bond motifs is 2. The van der Waals surface area contributed by atoms with Gasteiger partial charge in [0.05, 0.1) is 16.9 Å². The molecule has 3 heterocycles. The van der Waals surface area contributed by atoms with Crippen LogP contribution in [0, 0.1) is 12.7 Å². The van der Waals surface area contributed by atoms with Crippen molar-refractivity contribution in [2.75, 3.05) is 19.0 Å². The number of anilines is 1. The fourth-order valence-corrected chi connectivity index (χ4v) is 3.95. The van der Waals surface area contributed by atoms with Gasteiger partial charge >= 0.3 is 0 Å². The summed E-state index contributed by atoms with van der Waals surface area (Å²) in [5.74, 6) is -0.791. The second-order valence-electron chi connectivity index (χ2n) is 7.83. The van der Waals surface area contributed by atoms with Crippen LogP contribution in [0.15, 0.2) is 60.9 Å². The smallest absolute Gasteiger partial charge is 0.271 e. The lowest BCUT2D eigenvalue weighted by Crippen LogP contribution is -2.25. The van der Waals surface area contributed by atoms with E-state index in [9.17, 15) is 13.6 Å². The summed E-state index contributed by atoms with van der Waals surface area (Å²) >= 11 is 0. The van der Waals surface area contributed by atoms with Crippen molar-refractivity contribution in [1.29, 1.82) is 0 Å². The number of nitrogen functional groups attached to an aromatic ring is 1. The van der Waals surface area contributed by atoms with Gasteiger partial charge in [-0.2, -0.15) is 0 Å². The third-order valence-corrected chi connectivity index (χ3v) is 5.60. The molecule has 0 spiro atoms. The Kier molecular flexibility index (Phi) is 5.37. The Morgan fingerprint density at radius 3 is 2.62 bits per heavy atom. The number of nitrogens with one attached hydrogen (secondary N) is 1. The van der Waals surface area contributed by atoms with E-state index in [1.165, 1.54) is 12.1 Å². The molecule has 3 N–H and O–H groups in total. The highest BCUT2D eigenvalue weighted by Crippen LogP contribution is 2.35. The molecule has 170 valence electrons. The van der Waals surface area contributed by atoms with E-state index in [1.807, 2.05) is 31.2 Å². The molecule has 1 amide bonds. The number of carbonyl (C=O) groups excluding carboxylic acids is 1. The van der Waals surface area contributed by atoms with E-state index < -0.39 is 12.6 Å². The summed E-state index contributed by atoms with van der Waals surface area (Å²) in [6, 6.07) is 13.6. The van der Waals surface area contributed by atoms with Crippen LogP contribution >= 0.6 is 0 Å². The van der Waals surface area contributed by atoms with Crippen LogP contribution in [0.2, 0.25) is 0 Å². The minimum absolute atomic E-state index is 0.0816. The van der Waals surface area contributed by atoms with Crippen LogP contribution in [0.3, 0.4) is 0 Å². The van der Waals surface area contributed by atoms with Crippen LogP contribution < -0.4 is 11.1 Å². The highest BCUT2D eigenvalue weighted by atomic mass is 19.1. The summed E-state index contributed by atoms with van der Waals surface area (Å²) in [7, 11) is 0. The molecule has 7 nitrogen and oxygen atoms in total. The highest BCUT2D eigenvalue weighted by Gasteiger charge is 2.21. The second kappa shape index (κ2) is 8.51. The van der Waals surface area contributed by atoms with Crippen LogP contribution in [-0.4, -0.2) is 38.5 Å². The molecule has 0 bridgehead atoms. The molecule has 9 heteroatoms. The third kappa shape index (κ3) is 3.71. The second-order valence-corrected chi connectivity index (χ2v) is 7.83. The zero-order chi connectivity index (χ0) is 23.8. The molecule has 5 rings (SSSR count). The zero-order valence-corrected chi connectivity index (χ0v) is 18.2. The Bertz CT molecular complexity index is 1550. The monoisotopic (exact) mass is 458 g/mol. The lowest BCUT2D eigenvalue weighted by atomic mass is 10.0. The van der Waals surface area contributed by atoms with Crippen molar-refractivity contribution < 1.29 is 13.6 Å². The summed E-state index contributed by atoms with van der Waals surface area (Å²) < 4.78 is 27.9. The van der Waals surface area contributed by atoms with Crippen LogP contribution in [-0.2, 0) is 0 Å². The average Bonchev–Trinajstić information content (AvgIpc) is 3.29. The van der Waals surface area contributed by atoms with Crippen LogP contribution in [0.4, 0.5) is 14.6 Å². The van der Waals surface area contributed by atoms with E-state index in [-0.39, 0.29) is 29.5 Å². The van der Waals surface area contributed by atoms with Gasteiger partial charge in [-0.15, -0.1) is 0 Å². The largest absolute Gasteiger partial charge is 0.381 e. The summed E-state index contributed by atoms with van der Waals surface area (Å²) in [5, 5.41) is 3.43. The molecular weight excluding hydrogens is 438 g/mol. The van der Waals surface area contributed by atoms with Crippen molar-refractivity contribution in [3.8, 4) is 22.5 Å². The number of hydrogen-bond acceptors (Lipinski definition) is 5. The Morgan fingerprint density at radius 1 is 1.09 bits per heavy atom. The number of nitrogens with two attached hydrogens (primary N) is 1. The Balaban J connectivity index is 1.81. The van der Waals surface area contributed by atoms with Gasteiger partial charge in [0.2, 0.25) is 0 Å². The lowest BCUT2D eigenvalue weighted by molar-refractivity contribution is 0.0946. The number of hydrogen-bond donors (Lipinski definition) is 2. The fraction of sp³-hybridized carbons (Fsp3) is 0.120. The number of amides is 1. The maximum Gasteiger partial charge on any atom is 0.271 e. The standard InChI is InChI=1S/C25H20F2N6O/c1-14-8-10-29-19-7-4-16(12-18(14)19)22-21(15-2-5-17(27)6-3-15)32-23(28)24-31-20(13-33(22)24)25(34)30-11-9-26/h2-8,10,12-13H,9,11H2,1H3,(H2,28,32)(H,30,34). The van der Waals surface area contributed by atoms with Crippen molar-refractivity contribution in [3.63, 3.8) is 0 Å². The van der Waals surface area contributed by atoms with Gasteiger partial charge in [0.1, 0.15) is 18.2 Å². The molecule has 34 heavy (non-hydrogen) atoms. The normalized spacial score (nSPS) is 11.3. The topological polar surface area (TPSA) is 98.2 Å². The minimum Gasteiger partial charge on any atom is -0.381 e. The van der Waals surface area contributed by atoms with Gasteiger partial charge in [-0.1, -0.05) is 6.07 Å². The molecule has 0 saturated carbocycles. The first-order valence-electron chi connectivity index (χ1n) is 10.6. The zero-order valence-electron chi connectivity index (χ0n) is 18.2. The summed E-state index contributed by atoms with van der Waals surface area (Å²) in [6.45, 7) is 1.19. The molecule has 0 aliphatic carbocycles. The summed E-state index contributed by atoms with van der Waals surface area (Å²) in [6.07, 6.45) is 3.30. The maximum atomic E-state index is 13.6. The molecule has 0 atom stereocenters. The molecule has 0 aliphatic heterocycles. The number of halogens is 2. The van der Waals surface area contributed by atoms with Crippen molar-refractivity contribution in [2.45, 2.75) is 6.92 Å². The van der Waals surface area contributed by atoms with Gasteiger partial charge in [-0.05, 0) is 55.0 Å². The first kappa shape index (κ1) is 21.4. The number of aromatic nitrogens is 4. The highest BCUT2D eigenvalue weighted by molar-refractivity contribution is 5.95. The number of alkyl halides is 1. The van der Waals surface area contributed by atoms with E-state index in [0.29, 0.717) is 17.0 Å². The number of rotatable bonds is 5. The predicted molar refractivity (Wildman–Crippen MR) is 127 cm³/mol. The number of nitrogens with zero attached hydrogens (tertiary/aromatic N) is 4. The fourth-order valence-electron chi connectivity index (χ4n) is 3.95. The molecule has 0 radical (unpaired) electrons. The van der Waals surface area contributed by atoms with E-state index >= 15 is 0 Å². The number of aryl methyl sites for hydroxylation is 1. The van der Waals surface area contributed by atoms with Gasteiger partial charge < -0.3 is 11.1 Å². The molecule has 3 aromatic heterocycles. The van der Waals surface area contributed by atoms with Gasteiger partial charge in [0.15, 0.2) is 11.5 Å². The maximum absolute atomic E-state index is 13.6. The molecule has 0 aliphatic rings. The van der Waals surface area contributed by atoms with Crippen molar-refractivity contribution >= 4 is 28.3 Å². The van der Waals surface area contributed by atoms with Crippen molar-refractivity contribution in [3.05, 3.63) is 78.0 Å². The van der Waals surface area contributed by atoms with Gasteiger partial charge in [-0.3, -0.25) is 14.2 Å². The molecule has 5 aromatic rings. The van der Waals surface area contributed by atoms with E-state index in [4.69, 9.17) is 5.73 Å². The van der Waals surface area contributed by atoms with Gasteiger partial charge in [0.25, 0.3) is 5.91 Å². The number of carbonyl (C=O) groups is 1. The Hall–Kier alpha value is -4.40. The van der Waals surface area contributed by atoms with Gasteiger partial charge in [0, 0.05) is 35.5 Å². The van der Waals surface area contributed by atoms with E-state index in [1.54, 1.807) is 28.9 Å². The number of pyridine rings is 1. The quantitative estimate of drug-likeness (QED) is 0.408. The molecule has 0 fully saturated rings. The first-order valence-corrected chi connectivity index (χ1v) is 10.6. The van der Waals surface area contributed by atoms with E-state index in [0.717, 1.165) is 22.0 Å². The SMILES string of the molecule is Cc1ccnc2ccc(-c3c(-c4ccc(F)cc4)nc(N)c4nc(C(=O)NCCF)cn34)cc12. The average molecular weight is 458 g/mol. The number of benzene rings is 2. The lowest BCUT2D eigenvalue weighted by Gasteiger charge is -2.14. The van der Waals surface area contributed by atoms with Crippen molar-refractivity contribution in [2.24, 2.45) is 0 Å². The van der Waals surface area contributed by atoms with Crippen LogP contribution in [0.1, 0.15) is 16.1 Å². The first-order chi connectivity index (χ1) is 16.5. The molecule has 2 aromatic carbocycles.